The highest BCUT2D eigenvalue weighted by molar-refractivity contribution is 7.10. The van der Waals surface area contributed by atoms with Crippen molar-refractivity contribution in [2.24, 2.45) is 0 Å². The predicted octanol–water partition coefficient (Wildman–Crippen LogP) is 4.30. The van der Waals surface area contributed by atoms with Crippen LogP contribution in [0.3, 0.4) is 0 Å². The van der Waals surface area contributed by atoms with Crippen LogP contribution in [0.4, 0.5) is 17.6 Å². The smallest absolute Gasteiger partial charge is 0.384 e. The second-order valence-corrected chi connectivity index (χ2v) is 5.16. The molecule has 2 aromatic rings. The Kier molecular flexibility index (Phi) is 3.64. The first-order valence-corrected chi connectivity index (χ1v) is 6.28. The van der Waals surface area contributed by atoms with Crippen LogP contribution in [0.1, 0.15) is 27.7 Å². The van der Waals surface area contributed by atoms with E-state index in [1.165, 1.54) is 11.3 Å². The van der Waals surface area contributed by atoms with Crippen molar-refractivity contribution in [3.05, 3.63) is 57.0 Å². The molecule has 102 valence electrons. The first-order chi connectivity index (χ1) is 8.82. The molecule has 1 atom stereocenters. The molecule has 0 amide bonds. The number of alkyl halides is 3. The van der Waals surface area contributed by atoms with Crippen molar-refractivity contribution in [3.63, 3.8) is 0 Å². The van der Waals surface area contributed by atoms with Gasteiger partial charge in [0.25, 0.3) is 0 Å². The molecule has 6 heteroatoms. The molecule has 2 rings (SSSR count). The fourth-order valence-electron chi connectivity index (χ4n) is 1.83. The third kappa shape index (κ3) is 2.64. The summed E-state index contributed by atoms with van der Waals surface area (Å²) in [6, 6.07) is 4.48. The fourth-order valence-corrected chi connectivity index (χ4v) is 2.56. The highest BCUT2D eigenvalue weighted by Gasteiger charge is 2.35. The zero-order chi connectivity index (χ0) is 14.2. The molecule has 0 spiro atoms. The lowest BCUT2D eigenvalue weighted by molar-refractivity contribution is -0.140. The largest absolute Gasteiger partial charge is 0.419 e. The van der Waals surface area contributed by atoms with Gasteiger partial charge in [-0.25, -0.2) is 4.39 Å². The third-order valence-electron chi connectivity index (χ3n) is 2.82. The molecule has 0 bridgehead atoms. The molecule has 1 N–H and O–H groups in total. The second-order valence-electron chi connectivity index (χ2n) is 4.04. The van der Waals surface area contributed by atoms with Gasteiger partial charge in [0.05, 0.1) is 5.56 Å². The molecule has 0 aliphatic carbocycles. The van der Waals surface area contributed by atoms with Gasteiger partial charge in [0.15, 0.2) is 0 Å². The van der Waals surface area contributed by atoms with E-state index in [2.05, 4.69) is 0 Å². The van der Waals surface area contributed by atoms with Crippen LogP contribution in [0.15, 0.2) is 29.6 Å². The first-order valence-electron chi connectivity index (χ1n) is 5.40. The summed E-state index contributed by atoms with van der Waals surface area (Å²) in [5, 5.41) is 11.7. The molecule has 0 saturated heterocycles. The minimum absolute atomic E-state index is 0.365. The maximum absolute atomic E-state index is 13.9. The zero-order valence-electron chi connectivity index (χ0n) is 9.83. The van der Waals surface area contributed by atoms with Gasteiger partial charge in [0, 0.05) is 10.4 Å². The van der Waals surface area contributed by atoms with Crippen molar-refractivity contribution in [2.45, 2.75) is 19.2 Å². The van der Waals surface area contributed by atoms with Crippen LogP contribution in [0.25, 0.3) is 0 Å². The number of halogens is 4. The van der Waals surface area contributed by atoms with Gasteiger partial charge >= 0.3 is 6.18 Å². The molecule has 1 aromatic heterocycles. The van der Waals surface area contributed by atoms with Crippen LogP contribution in [0.5, 0.6) is 0 Å². The van der Waals surface area contributed by atoms with Crippen molar-refractivity contribution in [1.82, 2.24) is 0 Å². The van der Waals surface area contributed by atoms with Crippen LogP contribution in [0, 0.1) is 12.7 Å². The fraction of sp³-hybridized carbons (Fsp3) is 0.231. The summed E-state index contributed by atoms with van der Waals surface area (Å²) in [6.07, 6.45) is -6.17. The van der Waals surface area contributed by atoms with Gasteiger partial charge in [-0.3, -0.25) is 0 Å². The molecule has 0 aliphatic rings. The molecule has 1 unspecified atom stereocenters. The Morgan fingerprint density at radius 3 is 2.37 bits per heavy atom. The predicted molar refractivity (Wildman–Crippen MR) is 64.5 cm³/mol. The average Bonchev–Trinajstić information content (AvgIpc) is 2.73. The number of hydrogen-bond donors (Lipinski definition) is 1. The lowest BCUT2D eigenvalue weighted by atomic mass is 9.99. The van der Waals surface area contributed by atoms with Gasteiger partial charge in [-0.05, 0) is 30.0 Å². The van der Waals surface area contributed by atoms with E-state index in [4.69, 9.17) is 0 Å². The summed E-state index contributed by atoms with van der Waals surface area (Å²) < 4.78 is 51.6. The maximum atomic E-state index is 13.9. The topological polar surface area (TPSA) is 20.2 Å². The van der Waals surface area contributed by atoms with E-state index in [0.29, 0.717) is 11.6 Å². The second kappa shape index (κ2) is 4.94. The lowest BCUT2D eigenvalue weighted by Crippen LogP contribution is -2.12. The van der Waals surface area contributed by atoms with E-state index in [0.717, 1.165) is 17.0 Å². The lowest BCUT2D eigenvalue weighted by Gasteiger charge is -2.15. The quantitative estimate of drug-likeness (QED) is 0.818. The summed E-state index contributed by atoms with van der Waals surface area (Å²) in [4.78, 5) is 0.740. The number of thiophene rings is 1. The van der Waals surface area contributed by atoms with Crippen molar-refractivity contribution < 1.29 is 22.7 Å². The van der Waals surface area contributed by atoms with Gasteiger partial charge < -0.3 is 5.11 Å². The van der Waals surface area contributed by atoms with E-state index < -0.39 is 23.7 Å². The summed E-state index contributed by atoms with van der Waals surface area (Å²) in [7, 11) is 0. The van der Waals surface area contributed by atoms with E-state index in [9.17, 15) is 22.7 Å². The Bertz CT molecular complexity index is 589. The van der Waals surface area contributed by atoms with E-state index in [1.807, 2.05) is 0 Å². The van der Waals surface area contributed by atoms with Crippen molar-refractivity contribution in [3.8, 4) is 0 Å². The molecule has 19 heavy (non-hydrogen) atoms. The van der Waals surface area contributed by atoms with E-state index >= 15 is 0 Å². The molecule has 0 fully saturated rings. The minimum Gasteiger partial charge on any atom is -0.384 e. The van der Waals surface area contributed by atoms with Crippen molar-refractivity contribution >= 4 is 11.3 Å². The minimum atomic E-state index is -4.77. The molecule has 0 aliphatic heterocycles. The van der Waals surface area contributed by atoms with Gasteiger partial charge in [-0.15, -0.1) is 11.3 Å². The summed E-state index contributed by atoms with van der Waals surface area (Å²) >= 11 is 1.34. The molecular weight excluding hydrogens is 280 g/mol. The summed E-state index contributed by atoms with van der Waals surface area (Å²) in [6.45, 7) is 1.72. The molecular formula is C13H10F4OS. The van der Waals surface area contributed by atoms with Gasteiger partial charge in [0.2, 0.25) is 0 Å². The third-order valence-corrected chi connectivity index (χ3v) is 3.68. The number of aliphatic hydroxyl groups excluding tert-OH is 1. The standard InChI is InChI=1S/C13H10F4OS/c1-7-8(5-6-19-7)12(18)9-3-2-4-10(11(9)14)13(15,16)17/h2-6,12,18H,1H3. The molecule has 0 saturated carbocycles. The zero-order valence-corrected chi connectivity index (χ0v) is 10.6. The van der Waals surface area contributed by atoms with Crippen LogP contribution < -0.4 is 0 Å². The number of benzene rings is 1. The Hall–Kier alpha value is -1.40. The molecule has 0 radical (unpaired) electrons. The van der Waals surface area contributed by atoms with Gasteiger partial charge in [-0.2, -0.15) is 13.2 Å². The van der Waals surface area contributed by atoms with Crippen LogP contribution in [0.2, 0.25) is 0 Å². The Balaban J connectivity index is 2.50. The summed E-state index contributed by atoms with van der Waals surface area (Å²) in [5.41, 5.74) is -1.31. The first kappa shape index (κ1) is 14.0. The number of aliphatic hydroxyl groups is 1. The Morgan fingerprint density at radius 1 is 1.16 bits per heavy atom. The number of rotatable bonds is 2. The monoisotopic (exact) mass is 290 g/mol. The van der Waals surface area contributed by atoms with Crippen LogP contribution >= 0.6 is 11.3 Å². The summed E-state index contributed by atoms with van der Waals surface area (Å²) in [5.74, 6) is -1.42. The van der Waals surface area contributed by atoms with E-state index in [1.54, 1.807) is 18.4 Å². The number of hydrogen-bond acceptors (Lipinski definition) is 2. The highest BCUT2D eigenvalue weighted by atomic mass is 32.1. The Morgan fingerprint density at radius 2 is 1.84 bits per heavy atom. The van der Waals surface area contributed by atoms with Crippen molar-refractivity contribution in [1.29, 1.82) is 0 Å². The molecule has 1 aromatic carbocycles. The van der Waals surface area contributed by atoms with Crippen LogP contribution in [-0.2, 0) is 6.18 Å². The SMILES string of the molecule is Cc1sccc1C(O)c1cccc(C(F)(F)F)c1F. The normalized spacial score (nSPS) is 13.6. The molecule has 1 heterocycles. The van der Waals surface area contributed by atoms with Gasteiger partial charge in [-0.1, -0.05) is 12.1 Å². The van der Waals surface area contributed by atoms with Gasteiger partial charge in [0.1, 0.15) is 11.9 Å². The van der Waals surface area contributed by atoms with Crippen LogP contribution in [-0.4, -0.2) is 5.11 Å². The Labute approximate surface area is 111 Å². The molecule has 1 nitrogen and oxygen atoms in total. The van der Waals surface area contributed by atoms with Crippen molar-refractivity contribution in [2.75, 3.05) is 0 Å². The average molecular weight is 290 g/mol. The highest BCUT2D eigenvalue weighted by Crippen LogP contribution is 2.36. The number of aryl methyl sites for hydroxylation is 1. The maximum Gasteiger partial charge on any atom is 0.419 e. The van der Waals surface area contributed by atoms with E-state index in [-0.39, 0.29) is 5.56 Å².